The van der Waals surface area contributed by atoms with Gasteiger partial charge in [-0.1, -0.05) is 24.4 Å². The normalized spacial score (nSPS) is 25.3. The van der Waals surface area contributed by atoms with E-state index >= 15 is 0 Å². The molecule has 1 N–H and O–H groups in total. The lowest BCUT2D eigenvalue weighted by Gasteiger charge is -2.33. The summed E-state index contributed by atoms with van der Waals surface area (Å²) in [5.41, 5.74) is 0. The highest BCUT2D eigenvalue weighted by molar-refractivity contribution is 7.15. The maximum absolute atomic E-state index is 12.8. The molecule has 1 aliphatic carbocycles. The molecule has 0 saturated heterocycles. The van der Waals surface area contributed by atoms with Gasteiger partial charge in [0.25, 0.3) is 0 Å². The highest BCUT2D eigenvalue weighted by atomic mass is 35.5. The van der Waals surface area contributed by atoms with Crippen molar-refractivity contribution in [2.24, 2.45) is 5.92 Å². The first-order chi connectivity index (χ1) is 8.47. The minimum absolute atomic E-state index is 0.222. The fraction of sp³-hybridized carbons (Fsp3) is 0.727. The molecule has 2 unspecified atom stereocenters. The highest BCUT2D eigenvalue weighted by Gasteiger charge is 2.45. The van der Waals surface area contributed by atoms with Gasteiger partial charge in [0, 0.05) is 12.6 Å². The van der Waals surface area contributed by atoms with Gasteiger partial charge in [-0.15, -0.1) is 11.3 Å². The van der Waals surface area contributed by atoms with Crippen molar-refractivity contribution in [2.45, 2.75) is 44.4 Å². The van der Waals surface area contributed by atoms with Crippen molar-refractivity contribution in [3.8, 4) is 0 Å². The maximum atomic E-state index is 12.8. The summed E-state index contributed by atoms with van der Waals surface area (Å²) < 4.78 is 39.1. The summed E-state index contributed by atoms with van der Waals surface area (Å²) in [6, 6.07) is -0.499. The molecule has 102 valence electrons. The molecule has 0 aliphatic heterocycles. The van der Waals surface area contributed by atoms with E-state index < -0.39 is 18.1 Å². The molecule has 0 spiro atoms. The lowest BCUT2D eigenvalue weighted by Crippen LogP contribution is -2.45. The average molecular weight is 299 g/mol. The number of hydrogen-bond donors (Lipinski definition) is 1. The molecule has 0 amide bonds. The molecule has 1 fully saturated rings. The summed E-state index contributed by atoms with van der Waals surface area (Å²) in [4.78, 5) is 4.03. The molecule has 7 heteroatoms. The third-order valence-corrected chi connectivity index (χ3v) is 4.34. The first kappa shape index (κ1) is 14.1. The predicted molar refractivity (Wildman–Crippen MR) is 65.8 cm³/mol. The molecular weight excluding hydrogens is 285 g/mol. The monoisotopic (exact) mass is 298 g/mol. The predicted octanol–water partition coefficient (Wildman–Crippen LogP) is 4.01. The molecule has 1 aliphatic rings. The Labute approximate surface area is 113 Å². The molecule has 1 saturated carbocycles. The largest absolute Gasteiger partial charge is 0.393 e. The van der Waals surface area contributed by atoms with Gasteiger partial charge in [-0.05, 0) is 12.8 Å². The van der Waals surface area contributed by atoms with Crippen LogP contribution in [0.1, 0.15) is 30.7 Å². The molecular formula is C11H14ClF3N2S. The van der Waals surface area contributed by atoms with E-state index in [1.807, 2.05) is 0 Å². The zero-order valence-corrected chi connectivity index (χ0v) is 11.2. The van der Waals surface area contributed by atoms with E-state index in [-0.39, 0.29) is 6.42 Å². The van der Waals surface area contributed by atoms with Crippen molar-refractivity contribution in [3.63, 3.8) is 0 Å². The van der Waals surface area contributed by atoms with E-state index in [0.29, 0.717) is 23.7 Å². The topological polar surface area (TPSA) is 24.9 Å². The van der Waals surface area contributed by atoms with Crippen molar-refractivity contribution < 1.29 is 13.2 Å². The summed E-state index contributed by atoms with van der Waals surface area (Å²) in [5, 5.41) is 3.71. The third kappa shape index (κ3) is 3.59. The lowest BCUT2D eigenvalue weighted by atomic mass is 9.84. The number of hydrogen-bond acceptors (Lipinski definition) is 3. The number of aromatic nitrogens is 1. The number of nitrogens with zero attached hydrogens (tertiary/aromatic N) is 1. The van der Waals surface area contributed by atoms with Crippen LogP contribution in [0.15, 0.2) is 6.20 Å². The molecule has 0 radical (unpaired) electrons. The fourth-order valence-corrected chi connectivity index (χ4v) is 3.26. The van der Waals surface area contributed by atoms with Gasteiger partial charge in [0.1, 0.15) is 9.34 Å². The second-order valence-corrected chi connectivity index (χ2v) is 6.22. The molecule has 1 aromatic rings. The van der Waals surface area contributed by atoms with E-state index in [0.717, 1.165) is 11.4 Å². The third-order valence-electron chi connectivity index (χ3n) is 3.23. The molecule has 1 aromatic heterocycles. The van der Waals surface area contributed by atoms with Crippen molar-refractivity contribution >= 4 is 22.9 Å². The average Bonchev–Trinajstić information content (AvgIpc) is 2.72. The van der Waals surface area contributed by atoms with Crippen molar-refractivity contribution in [2.75, 3.05) is 0 Å². The summed E-state index contributed by atoms with van der Waals surface area (Å²) in [6.45, 7) is 0.356. The molecule has 2 atom stereocenters. The van der Waals surface area contributed by atoms with Gasteiger partial charge < -0.3 is 5.32 Å². The van der Waals surface area contributed by atoms with Crippen LogP contribution in [0.3, 0.4) is 0 Å². The number of nitrogens with one attached hydrogen (secondary N) is 1. The minimum Gasteiger partial charge on any atom is -0.307 e. The van der Waals surface area contributed by atoms with Crippen molar-refractivity contribution in [1.82, 2.24) is 10.3 Å². The van der Waals surface area contributed by atoms with Gasteiger partial charge in [0.2, 0.25) is 0 Å². The fourth-order valence-electron chi connectivity index (χ4n) is 2.36. The van der Waals surface area contributed by atoms with Crippen molar-refractivity contribution in [1.29, 1.82) is 0 Å². The van der Waals surface area contributed by atoms with Gasteiger partial charge in [-0.2, -0.15) is 13.2 Å². The number of rotatable bonds is 3. The Balaban J connectivity index is 1.93. The van der Waals surface area contributed by atoms with Gasteiger partial charge in [0.15, 0.2) is 0 Å². The van der Waals surface area contributed by atoms with E-state index in [1.54, 1.807) is 0 Å². The summed E-state index contributed by atoms with van der Waals surface area (Å²) >= 11 is 7.03. The van der Waals surface area contributed by atoms with E-state index in [9.17, 15) is 13.2 Å². The number of halogens is 4. The molecule has 2 rings (SSSR count). The van der Waals surface area contributed by atoms with Crippen molar-refractivity contribution in [3.05, 3.63) is 15.5 Å². The van der Waals surface area contributed by atoms with Crippen LogP contribution in [0.5, 0.6) is 0 Å². The number of thiazole rings is 1. The van der Waals surface area contributed by atoms with E-state index in [1.165, 1.54) is 17.5 Å². The molecule has 0 bridgehead atoms. The molecule has 2 nitrogen and oxygen atoms in total. The van der Waals surface area contributed by atoms with Crippen LogP contribution in [0, 0.1) is 5.92 Å². The first-order valence-corrected chi connectivity index (χ1v) is 7.06. The summed E-state index contributed by atoms with van der Waals surface area (Å²) in [5.74, 6) is -1.23. The summed E-state index contributed by atoms with van der Waals surface area (Å²) in [6.07, 6.45) is -0.290. The Bertz CT molecular complexity index is 394. The van der Waals surface area contributed by atoms with E-state index in [4.69, 9.17) is 11.6 Å². The van der Waals surface area contributed by atoms with E-state index in [2.05, 4.69) is 10.3 Å². The zero-order chi connectivity index (χ0) is 13.2. The van der Waals surface area contributed by atoms with Gasteiger partial charge in [0.05, 0.1) is 12.1 Å². The van der Waals surface area contributed by atoms with Gasteiger partial charge in [-0.25, -0.2) is 4.98 Å². The first-order valence-electron chi connectivity index (χ1n) is 5.87. The smallest absolute Gasteiger partial charge is 0.307 e. The quantitative estimate of drug-likeness (QED) is 0.912. The van der Waals surface area contributed by atoms with Crippen LogP contribution in [-0.4, -0.2) is 17.2 Å². The van der Waals surface area contributed by atoms with Gasteiger partial charge >= 0.3 is 6.18 Å². The van der Waals surface area contributed by atoms with Crippen LogP contribution in [-0.2, 0) is 6.54 Å². The molecule has 18 heavy (non-hydrogen) atoms. The lowest BCUT2D eigenvalue weighted by molar-refractivity contribution is -0.189. The number of alkyl halides is 3. The van der Waals surface area contributed by atoms with Crippen LogP contribution in [0.25, 0.3) is 0 Å². The van der Waals surface area contributed by atoms with Crippen LogP contribution in [0.4, 0.5) is 13.2 Å². The van der Waals surface area contributed by atoms with Crippen LogP contribution >= 0.6 is 22.9 Å². The molecule has 1 heterocycles. The molecule has 0 aromatic carbocycles. The van der Waals surface area contributed by atoms with Gasteiger partial charge in [-0.3, -0.25) is 0 Å². The highest BCUT2D eigenvalue weighted by Crippen LogP contribution is 2.37. The van der Waals surface area contributed by atoms with Crippen LogP contribution < -0.4 is 5.32 Å². The maximum Gasteiger partial charge on any atom is 0.393 e. The Morgan fingerprint density at radius 3 is 2.72 bits per heavy atom. The summed E-state index contributed by atoms with van der Waals surface area (Å²) in [7, 11) is 0. The zero-order valence-electron chi connectivity index (χ0n) is 9.63. The second-order valence-electron chi connectivity index (χ2n) is 4.48. The Morgan fingerprint density at radius 1 is 1.39 bits per heavy atom. The Hall–Kier alpha value is -0.330. The van der Waals surface area contributed by atoms with Crippen LogP contribution in [0.2, 0.25) is 4.34 Å². The Kier molecular flexibility index (Phi) is 4.50. The Morgan fingerprint density at radius 2 is 2.11 bits per heavy atom. The standard InChI is InChI=1S/C11H14ClF3N2S/c12-9-5-17-10(18-9)6-16-8-4-2-1-3-7(8)11(13,14)15/h5,7-8,16H,1-4,6H2. The minimum atomic E-state index is -4.11. The second kappa shape index (κ2) is 5.75. The SMILES string of the molecule is FC(F)(F)C1CCCCC1NCc1ncc(Cl)s1.